The van der Waals surface area contributed by atoms with Gasteiger partial charge in [-0.15, -0.1) is 0 Å². The van der Waals surface area contributed by atoms with Crippen LogP contribution in [0.2, 0.25) is 0 Å². The smallest absolute Gasteiger partial charge is 0.341 e. The van der Waals surface area contributed by atoms with Gasteiger partial charge < -0.3 is 9.84 Å². The molecule has 0 saturated carbocycles. The van der Waals surface area contributed by atoms with Crippen molar-refractivity contribution in [2.45, 2.75) is 13.3 Å². The SMILES string of the molecule is CC/C(=N/Nc1ccccn1)c1ccc(OCC(=O)O)cc1. The number of anilines is 1. The number of carboxylic acids is 1. The van der Waals surface area contributed by atoms with Gasteiger partial charge in [0, 0.05) is 6.20 Å². The molecular weight excluding hydrogens is 282 g/mol. The first-order valence-electron chi connectivity index (χ1n) is 6.87. The normalized spacial score (nSPS) is 11.0. The Morgan fingerprint density at radius 3 is 2.64 bits per heavy atom. The Kier molecular flexibility index (Phi) is 5.48. The van der Waals surface area contributed by atoms with Crippen LogP contribution in [0.1, 0.15) is 18.9 Å². The monoisotopic (exact) mass is 299 g/mol. The second-order valence-corrected chi connectivity index (χ2v) is 4.45. The lowest BCUT2D eigenvalue weighted by molar-refractivity contribution is -0.139. The standard InChI is InChI=1S/C16H17N3O3/c1-2-14(18-19-15-5-3-4-10-17-15)12-6-8-13(9-7-12)22-11-16(20)21/h3-10H,2,11H2,1H3,(H,17,19)(H,20,21)/b18-14-. The molecule has 6 heteroatoms. The summed E-state index contributed by atoms with van der Waals surface area (Å²) < 4.78 is 5.10. The largest absolute Gasteiger partial charge is 0.482 e. The van der Waals surface area contributed by atoms with E-state index in [1.807, 2.05) is 37.3 Å². The Labute approximate surface area is 128 Å². The van der Waals surface area contributed by atoms with Crippen LogP contribution < -0.4 is 10.2 Å². The Hall–Kier alpha value is -2.89. The van der Waals surface area contributed by atoms with E-state index in [-0.39, 0.29) is 6.61 Å². The number of hydrazone groups is 1. The average Bonchev–Trinajstić information content (AvgIpc) is 2.55. The number of nitrogens with one attached hydrogen (secondary N) is 1. The molecular formula is C16H17N3O3. The number of rotatable bonds is 7. The molecule has 2 N–H and O–H groups in total. The van der Waals surface area contributed by atoms with Gasteiger partial charge >= 0.3 is 5.97 Å². The number of carboxylic acid groups (broad SMARTS) is 1. The fourth-order valence-corrected chi connectivity index (χ4v) is 1.79. The van der Waals surface area contributed by atoms with E-state index in [9.17, 15) is 4.79 Å². The predicted octanol–water partition coefficient (Wildman–Crippen LogP) is 2.77. The molecule has 1 aromatic heterocycles. The number of aromatic nitrogens is 1. The number of benzene rings is 1. The first-order chi connectivity index (χ1) is 10.7. The molecule has 114 valence electrons. The first-order valence-corrected chi connectivity index (χ1v) is 6.87. The molecule has 0 aliphatic carbocycles. The summed E-state index contributed by atoms with van der Waals surface area (Å²) in [6.45, 7) is 1.66. The average molecular weight is 299 g/mol. The summed E-state index contributed by atoms with van der Waals surface area (Å²) in [4.78, 5) is 14.6. The summed E-state index contributed by atoms with van der Waals surface area (Å²) in [7, 11) is 0. The number of ether oxygens (including phenoxy) is 1. The maximum atomic E-state index is 10.5. The number of carbonyl (C=O) groups is 1. The summed E-state index contributed by atoms with van der Waals surface area (Å²) in [5, 5.41) is 12.9. The maximum absolute atomic E-state index is 10.5. The molecule has 1 aromatic carbocycles. The number of aliphatic carboxylic acids is 1. The molecule has 0 saturated heterocycles. The van der Waals surface area contributed by atoms with Gasteiger partial charge in [0.1, 0.15) is 11.6 Å². The fourth-order valence-electron chi connectivity index (χ4n) is 1.79. The van der Waals surface area contributed by atoms with E-state index in [0.717, 1.165) is 17.7 Å². The van der Waals surface area contributed by atoms with Crippen molar-refractivity contribution in [3.8, 4) is 5.75 Å². The van der Waals surface area contributed by atoms with Gasteiger partial charge in [-0.2, -0.15) is 5.10 Å². The third kappa shape index (κ3) is 4.59. The van der Waals surface area contributed by atoms with E-state index in [2.05, 4.69) is 15.5 Å². The van der Waals surface area contributed by atoms with Crippen molar-refractivity contribution in [1.82, 2.24) is 4.98 Å². The summed E-state index contributed by atoms with van der Waals surface area (Å²) in [6.07, 6.45) is 2.44. The zero-order chi connectivity index (χ0) is 15.8. The van der Waals surface area contributed by atoms with E-state index >= 15 is 0 Å². The summed E-state index contributed by atoms with van der Waals surface area (Å²) in [5.41, 5.74) is 4.73. The molecule has 0 amide bonds. The van der Waals surface area contributed by atoms with Gasteiger partial charge in [0.2, 0.25) is 0 Å². The molecule has 22 heavy (non-hydrogen) atoms. The van der Waals surface area contributed by atoms with Crippen molar-refractivity contribution >= 4 is 17.5 Å². The third-order valence-corrected chi connectivity index (χ3v) is 2.86. The molecule has 6 nitrogen and oxygen atoms in total. The minimum atomic E-state index is -1.00. The molecule has 0 fully saturated rings. The molecule has 0 bridgehead atoms. The van der Waals surface area contributed by atoms with Gasteiger partial charge in [-0.1, -0.05) is 13.0 Å². The van der Waals surface area contributed by atoms with E-state index in [4.69, 9.17) is 9.84 Å². The van der Waals surface area contributed by atoms with Crippen LogP contribution in [0.15, 0.2) is 53.8 Å². The van der Waals surface area contributed by atoms with Gasteiger partial charge in [0.25, 0.3) is 0 Å². The van der Waals surface area contributed by atoms with Gasteiger partial charge in [0.05, 0.1) is 5.71 Å². The van der Waals surface area contributed by atoms with Crippen molar-refractivity contribution in [3.63, 3.8) is 0 Å². The summed E-state index contributed by atoms with van der Waals surface area (Å²) >= 11 is 0. The number of pyridine rings is 1. The Balaban J connectivity index is 2.05. The molecule has 0 aliphatic rings. The lowest BCUT2D eigenvalue weighted by Gasteiger charge is -2.07. The number of hydrogen-bond acceptors (Lipinski definition) is 5. The summed E-state index contributed by atoms with van der Waals surface area (Å²) in [6, 6.07) is 12.7. The Bertz CT molecular complexity index is 639. The van der Waals surface area contributed by atoms with E-state index in [1.165, 1.54) is 0 Å². The molecule has 0 unspecified atom stereocenters. The van der Waals surface area contributed by atoms with Crippen molar-refractivity contribution in [3.05, 3.63) is 54.2 Å². The van der Waals surface area contributed by atoms with Crippen molar-refractivity contribution in [1.29, 1.82) is 0 Å². The number of nitrogens with zero attached hydrogens (tertiary/aromatic N) is 2. The zero-order valence-electron chi connectivity index (χ0n) is 12.2. The highest BCUT2D eigenvalue weighted by molar-refractivity contribution is 6.00. The molecule has 0 aliphatic heterocycles. The van der Waals surface area contributed by atoms with E-state index < -0.39 is 5.97 Å². The van der Waals surface area contributed by atoms with Crippen LogP contribution in [-0.4, -0.2) is 28.4 Å². The Morgan fingerprint density at radius 1 is 1.27 bits per heavy atom. The molecule has 0 spiro atoms. The van der Waals surface area contributed by atoms with Crippen molar-refractivity contribution in [2.75, 3.05) is 12.0 Å². The zero-order valence-corrected chi connectivity index (χ0v) is 12.2. The van der Waals surface area contributed by atoms with E-state index in [1.54, 1.807) is 18.3 Å². The molecule has 2 aromatic rings. The van der Waals surface area contributed by atoms with Crippen LogP contribution in [0.5, 0.6) is 5.75 Å². The minimum Gasteiger partial charge on any atom is -0.482 e. The van der Waals surface area contributed by atoms with Crippen molar-refractivity contribution in [2.24, 2.45) is 5.10 Å². The van der Waals surface area contributed by atoms with Crippen LogP contribution in [0.4, 0.5) is 5.82 Å². The highest BCUT2D eigenvalue weighted by atomic mass is 16.5. The molecule has 1 heterocycles. The second-order valence-electron chi connectivity index (χ2n) is 4.45. The third-order valence-electron chi connectivity index (χ3n) is 2.86. The quantitative estimate of drug-likeness (QED) is 0.606. The minimum absolute atomic E-state index is 0.352. The first kappa shape index (κ1) is 15.5. The Morgan fingerprint density at radius 2 is 2.05 bits per heavy atom. The second kappa shape index (κ2) is 7.78. The molecule has 0 atom stereocenters. The maximum Gasteiger partial charge on any atom is 0.341 e. The molecule has 2 rings (SSSR count). The van der Waals surface area contributed by atoms with Crippen LogP contribution >= 0.6 is 0 Å². The number of hydrogen-bond donors (Lipinski definition) is 2. The lowest BCUT2D eigenvalue weighted by Crippen LogP contribution is -2.09. The van der Waals surface area contributed by atoms with Gasteiger partial charge in [-0.3, -0.25) is 5.43 Å². The molecule has 0 radical (unpaired) electrons. The predicted molar refractivity (Wildman–Crippen MR) is 84.3 cm³/mol. The topological polar surface area (TPSA) is 83.8 Å². The van der Waals surface area contributed by atoms with E-state index in [0.29, 0.717) is 11.6 Å². The van der Waals surface area contributed by atoms with Crippen LogP contribution in [0.3, 0.4) is 0 Å². The van der Waals surface area contributed by atoms with Gasteiger partial charge in [-0.25, -0.2) is 9.78 Å². The van der Waals surface area contributed by atoms with Crippen LogP contribution in [0.25, 0.3) is 0 Å². The highest BCUT2D eigenvalue weighted by Crippen LogP contribution is 2.14. The highest BCUT2D eigenvalue weighted by Gasteiger charge is 2.04. The van der Waals surface area contributed by atoms with Crippen LogP contribution in [0, 0.1) is 0 Å². The van der Waals surface area contributed by atoms with Crippen LogP contribution in [-0.2, 0) is 4.79 Å². The fraction of sp³-hybridized carbons (Fsp3) is 0.188. The van der Waals surface area contributed by atoms with Crippen molar-refractivity contribution < 1.29 is 14.6 Å². The summed E-state index contributed by atoms with van der Waals surface area (Å²) in [5.74, 6) is 0.189. The van der Waals surface area contributed by atoms with Gasteiger partial charge in [-0.05, 0) is 48.4 Å². The lowest BCUT2D eigenvalue weighted by atomic mass is 10.1. The van der Waals surface area contributed by atoms with Gasteiger partial charge in [0.15, 0.2) is 6.61 Å².